The summed E-state index contributed by atoms with van der Waals surface area (Å²) < 4.78 is 11.5. The fourth-order valence-corrected chi connectivity index (χ4v) is 4.42. The van der Waals surface area contributed by atoms with Crippen LogP contribution in [0.3, 0.4) is 0 Å². The quantitative estimate of drug-likeness (QED) is 0.302. The van der Waals surface area contributed by atoms with Gasteiger partial charge in [-0.15, -0.1) is 24.0 Å². The highest BCUT2D eigenvalue weighted by atomic mass is 127. The fraction of sp³-hybridized carbons (Fsp3) is 0.500. The van der Waals surface area contributed by atoms with Crippen LogP contribution >= 0.6 is 24.0 Å². The first kappa shape index (κ1) is 25.0. The predicted octanol–water partition coefficient (Wildman–Crippen LogP) is 4.96. The van der Waals surface area contributed by atoms with Gasteiger partial charge in [0.05, 0.1) is 19.3 Å². The van der Waals surface area contributed by atoms with E-state index in [9.17, 15) is 0 Å². The summed E-state index contributed by atoms with van der Waals surface area (Å²) in [4.78, 5) is 7.36. The molecule has 6 heteroatoms. The topological polar surface area (TPSA) is 46.1 Å². The summed E-state index contributed by atoms with van der Waals surface area (Å²) in [6.45, 7) is 8.05. The number of hydrogen-bond donors (Lipinski definition) is 1. The van der Waals surface area contributed by atoms with E-state index in [4.69, 9.17) is 14.5 Å². The van der Waals surface area contributed by atoms with Crippen LogP contribution in [0.2, 0.25) is 0 Å². The molecule has 2 fully saturated rings. The van der Waals surface area contributed by atoms with Gasteiger partial charge < -0.3 is 19.7 Å². The lowest BCUT2D eigenvalue weighted by Crippen LogP contribution is -2.40. The van der Waals surface area contributed by atoms with E-state index in [1.54, 1.807) is 0 Å². The molecule has 2 saturated heterocycles. The van der Waals surface area contributed by atoms with Crippen molar-refractivity contribution in [2.24, 2.45) is 4.99 Å². The van der Waals surface area contributed by atoms with Crippen molar-refractivity contribution < 1.29 is 9.47 Å². The Morgan fingerprint density at radius 1 is 1.06 bits per heavy atom. The van der Waals surface area contributed by atoms with E-state index in [0.717, 1.165) is 51.6 Å². The average Bonchev–Trinajstić information content (AvgIpc) is 3.32. The molecule has 1 N–H and O–H groups in total. The predicted molar refractivity (Wildman–Crippen MR) is 141 cm³/mol. The van der Waals surface area contributed by atoms with Crippen LogP contribution in [0, 0.1) is 0 Å². The van der Waals surface area contributed by atoms with Crippen molar-refractivity contribution in [1.29, 1.82) is 0 Å². The van der Waals surface area contributed by atoms with Gasteiger partial charge in [-0.05, 0) is 42.9 Å². The van der Waals surface area contributed by atoms with Crippen molar-refractivity contribution in [3.05, 3.63) is 71.3 Å². The largest absolute Gasteiger partial charge is 0.381 e. The summed E-state index contributed by atoms with van der Waals surface area (Å²) in [5.41, 5.74) is 3.87. The normalized spacial score (nSPS) is 19.6. The van der Waals surface area contributed by atoms with E-state index in [1.807, 2.05) is 0 Å². The van der Waals surface area contributed by atoms with E-state index >= 15 is 0 Å². The van der Waals surface area contributed by atoms with Crippen LogP contribution in [0.5, 0.6) is 0 Å². The van der Waals surface area contributed by atoms with E-state index in [0.29, 0.717) is 25.2 Å². The Labute approximate surface area is 209 Å². The monoisotopic (exact) mass is 549 g/mol. The van der Waals surface area contributed by atoms with Crippen molar-refractivity contribution in [3.63, 3.8) is 0 Å². The summed E-state index contributed by atoms with van der Waals surface area (Å²) >= 11 is 0. The molecular weight excluding hydrogens is 513 g/mol. The molecule has 2 heterocycles. The number of guanidine groups is 1. The van der Waals surface area contributed by atoms with Crippen molar-refractivity contribution in [2.75, 3.05) is 32.8 Å². The number of aliphatic imine (C=N–C) groups is 1. The molecule has 2 aliphatic heterocycles. The van der Waals surface area contributed by atoms with E-state index in [2.05, 4.69) is 71.7 Å². The third-order valence-electron chi connectivity index (χ3n) is 6.15. The minimum absolute atomic E-state index is 0. The first-order valence-corrected chi connectivity index (χ1v) is 11.7. The van der Waals surface area contributed by atoms with Crippen LogP contribution in [0.1, 0.15) is 48.8 Å². The molecule has 2 aliphatic rings. The number of ether oxygens (including phenoxy) is 2. The molecule has 1 unspecified atom stereocenters. The minimum atomic E-state index is 0. The van der Waals surface area contributed by atoms with Gasteiger partial charge in [-0.3, -0.25) is 0 Å². The second-order valence-electron chi connectivity index (χ2n) is 8.46. The van der Waals surface area contributed by atoms with Crippen molar-refractivity contribution in [2.45, 2.75) is 51.4 Å². The summed E-state index contributed by atoms with van der Waals surface area (Å²) in [6, 6.07) is 19.5. The zero-order valence-corrected chi connectivity index (χ0v) is 21.4. The number of nitrogens with one attached hydrogen (secondary N) is 1. The van der Waals surface area contributed by atoms with Gasteiger partial charge in [-0.2, -0.15) is 0 Å². The van der Waals surface area contributed by atoms with Gasteiger partial charge in [-0.1, -0.05) is 54.6 Å². The highest BCUT2D eigenvalue weighted by Gasteiger charge is 2.25. The number of halogens is 1. The molecule has 5 nitrogen and oxygen atoms in total. The van der Waals surface area contributed by atoms with Gasteiger partial charge in [-0.25, -0.2) is 4.99 Å². The summed E-state index contributed by atoms with van der Waals surface area (Å²) in [5, 5.41) is 3.49. The van der Waals surface area contributed by atoms with Crippen LogP contribution in [0.15, 0.2) is 59.6 Å². The maximum Gasteiger partial charge on any atom is 0.194 e. The SMILES string of the molecule is CCNC(=NCc1cccc(COC2CCOCC2)c1)N1CCC(c2ccccc2)C1.I. The third-order valence-corrected chi connectivity index (χ3v) is 6.15. The number of benzene rings is 2. The van der Waals surface area contributed by atoms with Gasteiger partial charge >= 0.3 is 0 Å². The Bertz CT molecular complexity index is 840. The molecule has 2 aromatic carbocycles. The Morgan fingerprint density at radius 2 is 1.84 bits per heavy atom. The lowest BCUT2D eigenvalue weighted by atomic mass is 9.99. The van der Waals surface area contributed by atoms with Crippen molar-refractivity contribution in [1.82, 2.24) is 10.2 Å². The summed E-state index contributed by atoms with van der Waals surface area (Å²) in [6.07, 6.45) is 3.49. The highest BCUT2D eigenvalue weighted by molar-refractivity contribution is 14.0. The maximum atomic E-state index is 6.09. The lowest BCUT2D eigenvalue weighted by molar-refractivity contribution is -0.0390. The third kappa shape index (κ3) is 7.18. The maximum absolute atomic E-state index is 6.09. The Balaban J connectivity index is 0.00000289. The lowest BCUT2D eigenvalue weighted by Gasteiger charge is -2.22. The molecule has 0 radical (unpaired) electrons. The van der Waals surface area contributed by atoms with E-state index in [1.165, 1.54) is 23.1 Å². The summed E-state index contributed by atoms with van der Waals surface area (Å²) in [7, 11) is 0. The van der Waals surface area contributed by atoms with Crippen LogP contribution in [-0.4, -0.2) is 49.8 Å². The molecular formula is C26H36IN3O2. The Hall–Kier alpha value is -1.64. The number of hydrogen-bond acceptors (Lipinski definition) is 3. The van der Waals surface area contributed by atoms with Crippen LogP contribution in [0.4, 0.5) is 0 Å². The van der Waals surface area contributed by atoms with Crippen LogP contribution < -0.4 is 5.32 Å². The molecule has 0 aromatic heterocycles. The fourth-order valence-electron chi connectivity index (χ4n) is 4.42. The summed E-state index contributed by atoms with van der Waals surface area (Å²) in [5.74, 6) is 1.60. The number of likely N-dealkylation sites (tertiary alicyclic amines) is 1. The van der Waals surface area contributed by atoms with Crippen molar-refractivity contribution >= 4 is 29.9 Å². The van der Waals surface area contributed by atoms with Crippen LogP contribution in [-0.2, 0) is 22.6 Å². The smallest absolute Gasteiger partial charge is 0.194 e. The zero-order valence-electron chi connectivity index (χ0n) is 19.0. The minimum Gasteiger partial charge on any atom is -0.381 e. The first-order valence-electron chi connectivity index (χ1n) is 11.7. The van der Waals surface area contributed by atoms with Gasteiger partial charge in [0.2, 0.25) is 0 Å². The molecule has 0 bridgehead atoms. The van der Waals surface area contributed by atoms with E-state index < -0.39 is 0 Å². The van der Waals surface area contributed by atoms with E-state index in [-0.39, 0.29) is 24.0 Å². The standard InChI is InChI=1S/C26H35N3O2.HI/c1-2-27-26(29-14-11-24(19-29)23-9-4-3-5-10-23)28-18-21-7-6-8-22(17-21)20-31-25-12-15-30-16-13-25;/h3-10,17,24-25H,2,11-16,18-20H2,1H3,(H,27,28);1H. The molecule has 0 spiro atoms. The second-order valence-corrected chi connectivity index (χ2v) is 8.46. The van der Waals surface area contributed by atoms with Crippen LogP contribution in [0.25, 0.3) is 0 Å². The molecule has 174 valence electrons. The van der Waals surface area contributed by atoms with Gasteiger partial charge in [0.15, 0.2) is 5.96 Å². The molecule has 1 atom stereocenters. The van der Waals surface area contributed by atoms with Gasteiger partial charge in [0.1, 0.15) is 0 Å². The molecule has 0 amide bonds. The Kier molecular flexibility index (Phi) is 10.3. The van der Waals surface area contributed by atoms with Gasteiger partial charge in [0, 0.05) is 38.8 Å². The van der Waals surface area contributed by atoms with Gasteiger partial charge in [0.25, 0.3) is 0 Å². The first-order chi connectivity index (χ1) is 15.3. The highest BCUT2D eigenvalue weighted by Crippen LogP contribution is 2.27. The average molecular weight is 549 g/mol. The molecule has 4 rings (SSSR count). The molecule has 32 heavy (non-hydrogen) atoms. The second kappa shape index (κ2) is 13.2. The molecule has 2 aromatic rings. The number of nitrogens with zero attached hydrogens (tertiary/aromatic N) is 2. The van der Waals surface area contributed by atoms with Crippen molar-refractivity contribution in [3.8, 4) is 0 Å². The Morgan fingerprint density at radius 3 is 2.62 bits per heavy atom. The molecule has 0 aliphatic carbocycles. The molecule has 0 saturated carbocycles. The number of rotatable bonds is 7. The zero-order chi connectivity index (χ0) is 21.3.